The molecule has 0 aliphatic carbocycles. The predicted octanol–water partition coefficient (Wildman–Crippen LogP) is 3.02. The Balaban J connectivity index is 2.29. The van der Waals surface area contributed by atoms with Gasteiger partial charge in [0, 0.05) is 4.90 Å². The maximum atomic E-state index is 8.86. The lowest BCUT2D eigenvalue weighted by Crippen LogP contribution is -1.84. The molecule has 1 nitrogen and oxygen atoms in total. The number of thioether (sulfide) groups is 2. The van der Waals surface area contributed by atoms with Crippen molar-refractivity contribution in [3.05, 3.63) is 29.8 Å². The van der Waals surface area contributed by atoms with E-state index in [0.29, 0.717) is 0 Å². The van der Waals surface area contributed by atoms with Crippen LogP contribution in [-0.4, -0.2) is 22.9 Å². The van der Waals surface area contributed by atoms with E-state index in [2.05, 4.69) is 18.4 Å². The summed E-state index contributed by atoms with van der Waals surface area (Å²) in [5, 5.41) is 8.86. The number of benzene rings is 1. The zero-order valence-electron chi connectivity index (χ0n) is 8.40. The van der Waals surface area contributed by atoms with Crippen LogP contribution < -0.4 is 0 Å². The Morgan fingerprint density at radius 2 is 1.86 bits per heavy atom. The van der Waals surface area contributed by atoms with Gasteiger partial charge in [-0.25, -0.2) is 0 Å². The molecule has 0 amide bonds. The molecule has 0 radical (unpaired) electrons. The Kier molecular flexibility index (Phi) is 6.15. The van der Waals surface area contributed by atoms with Gasteiger partial charge in [0.2, 0.25) is 0 Å². The molecule has 1 aromatic rings. The molecular formula is C11H16OS2. The van der Waals surface area contributed by atoms with Crippen molar-refractivity contribution in [1.29, 1.82) is 0 Å². The monoisotopic (exact) mass is 228 g/mol. The third-order valence-corrected chi connectivity index (χ3v) is 3.66. The van der Waals surface area contributed by atoms with Crippen LogP contribution >= 0.6 is 23.5 Å². The SMILES string of the molecule is CSCCCSc1ccc(CO)cc1. The van der Waals surface area contributed by atoms with Crippen LogP contribution in [0, 0.1) is 0 Å². The van der Waals surface area contributed by atoms with E-state index in [1.165, 1.54) is 22.8 Å². The Hall–Kier alpha value is -0.120. The van der Waals surface area contributed by atoms with Crippen molar-refractivity contribution in [3.63, 3.8) is 0 Å². The standard InChI is InChI=1S/C11H16OS2/c1-13-7-2-8-14-11-5-3-10(9-12)4-6-11/h3-6,12H,2,7-9H2,1H3. The van der Waals surface area contributed by atoms with Crippen LogP contribution in [0.2, 0.25) is 0 Å². The molecule has 78 valence electrons. The summed E-state index contributed by atoms with van der Waals surface area (Å²) in [7, 11) is 0. The van der Waals surface area contributed by atoms with E-state index >= 15 is 0 Å². The largest absolute Gasteiger partial charge is 0.392 e. The summed E-state index contributed by atoms with van der Waals surface area (Å²) < 4.78 is 0. The normalized spacial score (nSPS) is 10.4. The highest BCUT2D eigenvalue weighted by atomic mass is 32.2. The molecule has 1 N–H and O–H groups in total. The van der Waals surface area contributed by atoms with Crippen LogP contribution in [0.3, 0.4) is 0 Å². The first-order chi connectivity index (χ1) is 6.86. The first-order valence-electron chi connectivity index (χ1n) is 4.68. The number of hydrogen-bond donors (Lipinski definition) is 1. The van der Waals surface area contributed by atoms with Crippen LogP contribution in [0.15, 0.2) is 29.2 Å². The van der Waals surface area contributed by atoms with E-state index < -0.39 is 0 Å². The van der Waals surface area contributed by atoms with E-state index in [4.69, 9.17) is 5.11 Å². The van der Waals surface area contributed by atoms with Gasteiger partial charge in [0.1, 0.15) is 0 Å². The highest BCUT2D eigenvalue weighted by Gasteiger charge is 1.94. The minimum absolute atomic E-state index is 0.136. The second-order valence-corrected chi connectivity index (χ2v) is 5.15. The van der Waals surface area contributed by atoms with E-state index in [9.17, 15) is 0 Å². The molecule has 0 aliphatic heterocycles. The van der Waals surface area contributed by atoms with Crippen molar-refractivity contribution in [3.8, 4) is 0 Å². The number of hydrogen-bond acceptors (Lipinski definition) is 3. The summed E-state index contributed by atoms with van der Waals surface area (Å²) in [6.45, 7) is 0.136. The molecule has 0 saturated carbocycles. The molecule has 0 spiro atoms. The zero-order chi connectivity index (χ0) is 10.2. The van der Waals surface area contributed by atoms with Crippen molar-refractivity contribution in [2.45, 2.75) is 17.9 Å². The van der Waals surface area contributed by atoms with Crippen molar-refractivity contribution in [2.75, 3.05) is 17.8 Å². The van der Waals surface area contributed by atoms with Crippen LogP contribution in [0.4, 0.5) is 0 Å². The van der Waals surface area contributed by atoms with Gasteiger partial charge < -0.3 is 5.11 Å². The van der Waals surface area contributed by atoms with Gasteiger partial charge in [-0.05, 0) is 41.9 Å². The van der Waals surface area contributed by atoms with Gasteiger partial charge >= 0.3 is 0 Å². The third kappa shape index (κ3) is 4.40. The fourth-order valence-corrected chi connectivity index (χ4v) is 2.55. The summed E-state index contributed by atoms with van der Waals surface area (Å²) in [6.07, 6.45) is 3.40. The van der Waals surface area contributed by atoms with Gasteiger partial charge in [-0.2, -0.15) is 11.8 Å². The Labute approximate surface area is 94.3 Å². The summed E-state index contributed by atoms with van der Waals surface area (Å²) >= 11 is 3.78. The second-order valence-electron chi connectivity index (χ2n) is 3.00. The summed E-state index contributed by atoms with van der Waals surface area (Å²) in [5.74, 6) is 2.42. The third-order valence-electron chi connectivity index (χ3n) is 1.87. The molecule has 0 saturated heterocycles. The highest BCUT2D eigenvalue weighted by Crippen LogP contribution is 2.19. The van der Waals surface area contributed by atoms with Crippen LogP contribution in [-0.2, 0) is 6.61 Å². The smallest absolute Gasteiger partial charge is 0.0681 e. The first-order valence-corrected chi connectivity index (χ1v) is 7.06. The number of rotatable bonds is 6. The van der Waals surface area contributed by atoms with Crippen molar-refractivity contribution in [1.82, 2.24) is 0 Å². The fourth-order valence-electron chi connectivity index (χ4n) is 1.08. The molecule has 1 aromatic carbocycles. The average Bonchev–Trinajstić information content (AvgIpc) is 2.25. The Bertz CT molecular complexity index is 246. The van der Waals surface area contributed by atoms with Gasteiger partial charge in [0.05, 0.1) is 6.61 Å². The second kappa shape index (κ2) is 7.21. The molecule has 14 heavy (non-hydrogen) atoms. The molecular weight excluding hydrogens is 212 g/mol. The topological polar surface area (TPSA) is 20.2 Å². The summed E-state index contributed by atoms with van der Waals surface area (Å²) in [5.41, 5.74) is 0.985. The Morgan fingerprint density at radius 1 is 1.14 bits per heavy atom. The highest BCUT2D eigenvalue weighted by molar-refractivity contribution is 7.99. The van der Waals surface area contributed by atoms with Gasteiger partial charge in [-0.3, -0.25) is 0 Å². The van der Waals surface area contributed by atoms with E-state index in [1.54, 1.807) is 0 Å². The van der Waals surface area contributed by atoms with Crippen LogP contribution in [0.1, 0.15) is 12.0 Å². The summed E-state index contributed by atoms with van der Waals surface area (Å²) in [6, 6.07) is 8.12. The summed E-state index contributed by atoms with van der Waals surface area (Å²) in [4.78, 5) is 1.29. The quantitative estimate of drug-likeness (QED) is 0.597. The average molecular weight is 228 g/mol. The molecule has 3 heteroatoms. The lowest BCUT2D eigenvalue weighted by atomic mass is 10.2. The molecule has 0 heterocycles. The number of aliphatic hydroxyl groups is 1. The molecule has 0 atom stereocenters. The van der Waals surface area contributed by atoms with Crippen molar-refractivity contribution >= 4 is 23.5 Å². The lowest BCUT2D eigenvalue weighted by molar-refractivity contribution is 0.282. The van der Waals surface area contributed by atoms with Crippen molar-refractivity contribution in [2.24, 2.45) is 0 Å². The van der Waals surface area contributed by atoms with Crippen LogP contribution in [0.25, 0.3) is 0 Å². The fraction of sp³-hybridized carbons (Fsp3) is 0.455. The van der Waals surface area contributed by atoms with Gasteiger partial charge in [-0.15, -0.1) is 11.8 Å². The zero-order valence-corrected chi connectivity index (χ0v) is 10.0. The van der Waals surface area contributed by atoms with E-state index in [0.717, 1.165) is 5.56 Å². The maximum absolute atomic E-state index is 8.86. The molecule has 0 unspecified atom stereocenters. The van der Waals surface area contributed by atoms with E-state index in [1.807, 2.05) is 35.7 Å². The van der Waals surface area contributed by atoms with Crippen molar-refractivity contribution < 1.29 is 5.11 Å². The van der Waals surface area contributed by atoms with Gasteiger partial charge in [-0.1, -0.05) is 12.1 Å². The molecule has 0 aliphatic rings. The first kappa shape index (κ1) is 12.0. The Morgan fingerprint density at radius 3 is 2.43 bits per heavy atom. The molecule has 0 fully saturated rings. The maximum Gasteiger partial charge on any atom is 0.0681 e. The van der Waals surface area contributed by atoms with E-state index in [-0.39, 0.29) is 6.61 Å². The van der Waals surface area contributed by atoms with Crippen LogP contribution in [0.5, 0.6) is 0 Å². The predicted molar refractivity (Wildman–Crippen MR) is 66.1 cm³/mol. The molecule has 0 bridgehead atoms. The lowest BCUT2D eigenvalue weighted by Gasteiger charge is -2.01. The molecule has 0 aromatic heterocycles. The van der Waals surface area contributed by atoms with Gasteiger partial charge in [0.25, 0.3) is 0 Å². The minimum Gasteiger partial charge on any atom is -0.392 e. The minimum atomic E-state index is 0.136. The van der Waals surface area contributed by atoms with Gasteiger partial charge in [0.15, 0.2) is 0 Å². The molecule has 1 rings (SSSR count). The number of aliphatic hydroxyl groups excluding tert-OH is 1.